The van der Waals surface area contributed by atoms with Crippen molar-refractivity contribution in [2.24, 2.45) is 14.1 Å². The van der Waals surface area contributed by atoms with Crippen LogP contribution in [0, 0.1) is 12.3 Å². The van der Waals surface area contributed by atoms with Crippen LogP contribution in [0.2, 0.25) is 0 Å². The van der Waals surface area contributed by atoms with Gasteiger partial charge in [0.05, 0.1) is 5.39 Å². The fraction of sp³-hybridized carbons (Fsp3) is 0.211. The number of hydrogen-bond acceptors (Lipinski definition) is 3. The maximum Gasteiger partial charge on any atom is 0.332 e. The molecule has 0 atom stereocenters. The first-order chi connectivity index (χ1) is 12.4. The summed E-state index contributed by atoms with van der Waals surface area (Å²) in [7, 11) is 3.00. The summed E-state index contributed by atoms with van der Waals surface area (Å²) in [6.07, 6.45) is 7.00. The van der Waals surface area contributed by atoms with E-state index in [1.54, 1.807) is 23.9 Å². The summed E-state index contributed by atoms with van der Waals surface area (Å²) < 4.78 is 4.00. The van der Waals surface area contributed by atoms with Crippen LogP contribution in [-0.4, -0.2) is 19.6 Å². The van der Waals surface area contributed by atoms with Crippen molar-refractivity contribution in [2.45, 2.75) is 13.1 Å². The molecule has 0 bridgehead atoms. The minimum Gasteiger partial charge on any atom is -0.350 e. The van der Waals surface area contributed by atoms with Crippen LogP contribution in [0.25, 0.3) is 11.0 Å². The Morgan fingerprint density at radius 1 is 1.19 bits per heavy atom. The summed E-state index contributed by atoms with van der Waals surface area (Å²) >= 11 is 0. The van der Waals surface area contributed by atoms with Gasteiger partial charge in [-0.1, -0.05) is 18.1 Å². The van der Waals surface area contributed by atoms with Crippen molar-refractivity contribution in [1.29, 1.82) is 0 Å². The predicted molar refractivity (Wildman–Crippen MR) is 98.6 cm³/mol. The van der Waals surface area contributed by atoms with Crippen molar-refractivity contribution < 1.29 is 4.79 Å². The van der Waals surface area contributed by atoms with E-state index in [2.05, 4.69) is 11.2 Å². The van der Waals surface area contributed by atoms with Gasteiger partial charge in [0.1, 0.15) is 12.2 Å². The second-order valence-corrected chi connectivity index (χ2v) is 6.01. The zero-order chi connectivity index (χ0) is 18.8. The van der Waals surface area contributed by atoms with Crippen LogP contribution in [-0.2, 0) is 32.0 Å². The monoisotopic (exact) mass is 350 g/mol. The van der Waals surface area contributed by atoms with Crippen LogP contribution in [0.15, 0.2) is 46.1 Å². The number of amides is 1. The third kappa shape index (κ3) is 3.05. The van der Waals surface area contributed by atoms with Crippen LogP contribution >= 0.6 is 0 Å². The summed E-state index contributed by atoms with van der Waals surface area (Å²) in [6.45, 7) is 0.340. The molecule has 0 fully saturated rings. The molecule has 0 spiro atoms. The van der Waals surface area contributed by atoms with Crippen molar-refractivity contribution >= 4 is 16.9 Å². The molecule has 0 radical (unpaired) electrons. The minimum atomic E-state index is -0.436. The average Bonchev–Trinajstić information content (AvgIpc) is 3.06. The first kappa shape index (κ1) is 17.3. The van der Waals surface area contributed by atoms with Gasteiger partial charge < -0.3 is 9.88 Å². The van der Waals surface area contributed by atoms with Gasteiger partial charge in [0, 0.05) is 32.4 Å². The van der Waals surface area contributed by atoms with Crippen LogP contribution in [0.4, 0.5) is 0 Å². The van der Waals surface area contributed by atoms with E-state index in [1.807, 2.05) is 24.3 Å². The van der Waals surface area contributed by atoms with Gasteiger partial charge in [-0.25, -0.2) is 4.79 Å². The molecule has 0 aliphatic rings. The molecule has 0 aliphatic heterocycles. The zero-order valence-corrected chi connectivity index (χ0v) is 14.5. The second kappa shape index (κ2) is 6.76. The fourth-order valence-corrected chi connectivity index (χ4v) is 2.90. The van der Waals surface area contributed by atoms with Gasteiger partial charge in [-0.15, -0.1) is 6.42 Å². The largest absolute Gasteiger partial charge is 0.350 e. The number of terminal acetylenes is 1. The van der Waals surface area contributed by atoms with Crippen LogP contribution < -0.4 is 16.6 Å². The van der Waals surface area contributed by atoms with Crippen LogP contribution in [0.3, 0.4) is 0 Å². The van der Waals surface area contributed by atoms with E-state index in [0.29, 0.717) is 17.6 Å². The van der Waals surface area contributed by atoms with E-state index >= 15 is 0 Å². The average molecular weight is 350 g/mol. The molecular weight excluding hydrogens is 332 g/mol. The van der Waals surface area contributed by atoms with E-state index in [0.717, 1.165) is 15.7 Å². The lowest BCUT2D eigenvalue weighted by Gasteiger charge is -2.10. The number of benzene rings is 1. The summed E-state index contributed by atoms with van der Waals surface area (Å²) in [6, 6.07) is 8.97. The predicted octanol–water partition coefficient (Wildman–Crippen LogP) is 0.336. The zero-order valence-electron chi connectivity index (χ0n) is 14.5. The minimum absolute atomic E-state index is 0.00121. The van der Waals surface area contributed by atoms with E-state index in [4.69, 9.17) is 6.42 Å². The van der Waals surface area contributed by atoms with Gasteiger partial charge in [-0.2, -0.15) is 0 Å². The van der Waals surface area contributed by atoms with E-state index in [9.17, 15) is 14.4 Å². The Morgan fingerprint density at radius 2 is 1.96 bits per heavy atom. The molecule has 0 saturated heterocycles. The normalized spacial score (nSPS) is 10.7. The Morgan fingerprint density at radius 3 is 2.69 bits per heavy atom. The van der Waals surface area contributed by atoms with Crippen molar-refractivity contribution in [2.75, 3.05) is 0 Å². The number of hydrogen-bond donors (Lipinski definition) is 1. The third-order valence-corrected chi connectivity index (χ3v) is 4.26. The Hall–Kier alpha value is -3.53. The van der Waals surface area contributed by atoms with E-state index < -0.39 is 5.69 Å². The molecule has 0 saturated carbocycles. The molecule has 0 aliphatic carbocycles. The Labute approximate surface area is 149 Å². The van der Waals surface area contributed by atoms with E-state index in [-0.39, 0.29) is 18.0 Å². The highest BCUT2D eigenvalue weighted by Crippen LogP contribution is 2.09. The van der Waals surface area contributed by atoms with Gasteiger partial charge in [-0.3, -0.25) is 18.7 Å². The molecule has 2 aromatic heterocycles. The Bertz CT molecular complexity index is 1160. The number of aromatic nitrogens is 3. The molecule has 2 heterocycles. The van der Waals surface area contributed by atoms with Gasteiger partial charge >= 0.3 is 5.69 Å². The smallest absolute Gasteiger partial charge is 0.332 e. The molecule has 7 heteroatoms. The Balaban J connectivity index is 1.81. The number of nitrogens with one attached hydrogen (secondary N) is 1. The molecule has 3 aromatic rings. The molecule has 0 unspecified atom stereocenters. The second-order valence-electron chi connectivity index (χ2n) is 6.01. The molecule has 7 nitrogen and oxygen atoms in total. The van der Waals surface area contributed by atoms with Crippen molar-refractivity contribution in [3.8, 4) is 12.3 Å². The topological polar surface area (TPSA) is 78.0 Å². The number of carbonyl (C=O) groups excluding carboxylic acids is 1. The van der Waals surface area contributed by atoms with Crippen molar-refractivity contribution in [3.63, 3.8) is 0 Å². The molecule has 26 heavy (non-hydrogen) atoms. The molecule has 1 amide bonds. The molecular formula is C19H18N4O3. The molecule has 132 valence electrons. The SMILES string of the molecule is C#Cc1cccc(CNC(=O)Cn2ccc3c(=O)n(C)c(=O)n(C)c32)c1. The first-order valence-electron chi connectivity index (χ1n) is 7.99. The maximum atomic E-state index is 12.3. The van der Waals surface area contributed by atoms with E-state index in [1.165, 1.54) is 11.6 Å². The number of nitrogens with zero attached hydrogens (tertiary/aromatic N) is 3. The highest BCUT2D eigenvalue weighted by Gasteiger charge is 2.14. The quantitative estimate of drug-likeness (QED) is 0.689. The molecule has 1 N–H and O–H groups in total. The highest BCUT2D eigenvalue weighted by atomic mass is 16.2. The third-order valence-electron chi connectivity index (χ3n) is 4.26. The Kier molecular flexibility index (Phi) is 4.50. The van der Waals surface area contributed by atoms with Crippen molar-refractivity contribution in [3.05, 3.63) is 68.5 Å². The first-order valence-corrected chi connectivity index (χ1v) is 7.99. The van der Waals surface area contributed by atoms with Crippen LogP contribution in [0.1, 0.15) is 11.1 Å². The molecule has 3 rings (SSSR count). The van der Waals surface area contributed by atoms with Gasteiger partial charge in [0.15, 0.2) is 0 Å². The van der Waals surface area contributed by atoms with Gasteiger partial charge in [0.2, 0.25) is 5.91 Å². The summed E-state index contributed by atoms with van der Waals surface area (Å²) in [5.74, 6) is 2.32. The molecule has 1 aromatic carbocycles. The highest BCUT2D eigenvalue weighted by molar-refractivity contribution is 5.80. The number of carbonyl (C=O) groups is 1. The van der Waals surface area contributed by atoms with Gasteiger partial charge in [-0.05, 0) is 23.8 Å². The lowest BCUT2D eigenvalue weighted by atomic mass is 10.1. The lowest BCUT2D eigenvalue weighted by molar-refractivity contribution is -0.121. The lowest BCUT2D eigenvalue weighted by Crippen LogP contribution is -2.37. The summed E-state index contributed by atoms with van der Waals surface area (Å²) in [5, 5.41) is 3.21. The van der Waals surface area contributed by atoms with Gasteiger partial charge in [0.25, 0.3) is 5.56 Å². The summed E-state index contributed by atoms with van der Waals surface area (Å²) in [4.78, 5) is 36.6. The number of aryl methyl sites for hydroxylation is 1. The standard InChI is InChI=1S/C19H18N4O3/c1-4-13-6-5-7-14(10-13)11-20-16(24)12-23-9-8-15-17(23)21(2)19(26)22(3)18(15)25/h1,5-10H,11-12H2,2-3H3,(H,20,24). The van der Waals surface area contributed by atoms with Crippen LogP contribution in [0.5, 0.6) is 0 Å². The van der Waals surface area contributed by atoms with Crippen molar-refractivity contribution in [1.82, 2.24) is 19.0 Å². The maximum absolute atomic E-state index is 12.3. The summed E-state index contributed by atoms with van der Waals surface area (Å²) in [5.41, 5.74) is 1.25. The number of fused-ring (bicyclic) bond motifs is 1. The number of rotatable bonds is 4. The fourth-order valence-electron chi connectivity index (χ4n) is 2.90.